The van der Waals surface area contributed by atoms with Crippen LogP contribution >= 0.6 is 0 Å². The summed E-state index contributed by atoms with van der Waals surface area (Å²) in [5, 5.41) is 9.71. The van der Waals surface area contributed by atoms with Crippen molar-refractivity contribution in [1.29, 1.82) is 0 Å². The Morgan fingerprint density at radius 2 is 2.00 bits per heavy atom. The van der Waals surface area contributed by atoms with Crippen molar-refractivity contribution < 1.29 is 24.1 Å². The second-order valence-electron chi connectivity index (χ2n) is 3.81. The maximum Gasteiger partial charge on any atom is 0.341 e. The Morgan fingerprint density at radius 1 is 1.32 bits per heavy atom. The van der Waals surface area contributed by atoms with Crippen molar-refractivity contribution in [1.82, 2.24) is 0 Å². The van der Waals surface area contributed by atoms with E-state index in [1.165, 1.54) is 19.2 Å². The SMILES string of the molecule is COC(=O)c1ccc(/C=C\CC(OC)OC)cc1O. The van der Waals surface area contributed by atoms with Crippen molar-refractivity contribution in [2.75, 3.05) is 21.3 Å². The zero-order valence-corrected chi connectivity index (χ0v) is 11.3. The van der Waals surface area contributed by atoms with Crippen LogP contribution < -0.4 is 0 Å². The van der Waals surface area contributed by atoms with Crippen LogP contribution in [0.3, 0.4) is 0 Å². The Morgan fingerprint density at radius 3 is 2.53 bits per heavy atom. The second kappa shape index (κ2) is 7.56. The highest BCUT2D eigenvalue weighted by Crippen LogP contribution is 2.20. The summed E-state index contributed by atoms with van der Waals surface area (Å²) >= 11 is 0. The molecule has 0 fully saturated rings. The molecule has 5 nitrogen and oxygen atoms in total. The Kier molecular flexibility index (Phi) is 6.05. The molecule has 19 heavy (non-hydrogen) atoms. The zero-order chi connectivity index (χ0) is 14.3. The highest BCUT2D eigenvalue weighted by Gasteiger charge is 2.10. The van der Waals surface area contributed by atoms with Gasteiger partial charge in [-0.15, -0.1) is 0 Å². The zero-order valence-electron chi connectivity index (χ0n) is 11.3. The monoisotopic (exact) mass is 266 g/mol. The van der Waals surface area contributed by atoms with Gasteiger partial charge in [-0.3, -0.25) is 0 Å². The number of aromatic hydroxyl groups is 1. The molecule has 0 aromatic heterocycles. The molecule has 1 aromatic rings. The molecule has 0 unspecified atom stereocenters. The average Bonchev–Trinajstić information content (AvgIpc) is 2.43. The molecule has 0 bridgehead atoms. The Bertz CT molecular complexity index is 449. The maximum atomic E-state index is 11.3. The van der Waals surface area contributed by atoms with Crippen molar-refractivity contribution in [2.24, 2.45) is 0 Å². The van der Waals surface area contributed by atoms with Gasteiger partial charge in [0.15, 0.2) is 6.29 Å². The van der Waals surface area contributed by atoms with Crippen LogP contribution in [0.4, 0.5) is 0 Å². The van der Waals surface area contributed by atoms with E-state index < -0.39 is 5.97 Å². The minimum atomic E-state index is -0.563. The van der Waals surface area contributed by atoms with Crippen molar-refractivity contribution in [3.63, 3.8) is 0 Å². The summed E-state index contributed by atoms with van der Waals surface area (Å²) in [7, 11) is 4.41. The molecule has 0 radical (unpaired) electrons. The third kappa shape index (κ3) is 4.39. The first-order valence-corrected chi connectivity index (χ1v) is 5.75. The van der Waals surface area contributed by atoms with Crippen molar-refractivity contribution in [3.8, 4) is 5.75 Å². The topological polar surface area (TPSA) is 65.0 Å². The predicted octanol–water partition coefficient (Wildman–Crippen LogP) is 2.20. The van der Waals surface area contributed by atoms with Crippen molar-refractivity contribution in [2.45, 2.75) is 12.7 Å². The van der Waals surface area contributed by atoms with Crippen LogP contribution in [0.15, 0.2) is 24.3 Å². The first-order chi connectivity index (χ1) is 9.12. The van der Waals surface area contributed by atoms with Crippen LogP contribution in [0.1, 0.15) is 22.3 Å². The van der Waals surface area contributed by atoms with Gasteiger partial charge in [0, 0.05) is 20.6 Å². The highest BCUT2D eigenvalue weighted by molar-refractivity contribution is 5.92. The van der Waals surface area contributed by atoms with E-state index in [-0.39, 0.29) is 17.6 Å². The highest BCUT2D eigenvalue weighted by atomic mass is 16.7. The summed E-state index contributed by atoms with van der Waals surface area (Å²) in [5.41, 5.74) is 0.919. The van der Waals surface area contributed by atoms with E-state index in [0.29, 0.717) is 6.42 Å². The number of benzene rings is 1. The Labute approximate surface area is 112 Å². The number of rotatable bonds is 6. The largest absolute Gasteiger partial charge is 0.507 e. The molecule has 0 saturated heterocycles. The Hall–Kier alpha value is -1.85. The molecule has 104 valence electrons. The first kappa shape index (κ1) is 15.2. The number of methoxy groups -OCH3 is 3. The predicted molar refractivity (Wildman–Crippen MR) is 70.9 cm³/mol. The van der Waals surface area contributed by atoms with Gasteiger partial charge in [0.05, 0.1) is 7.11 Å². The minimum absolute atomic E-state index is 0.107. The summed E-state index contributed by atoms with van der Waals surface area (Å²) in [6, 6.07) is 4.74. The molecule has 0 heterocycles. The van der Waals surface area contributed by atoms with Crippen LogP contribution in [0.2, 0.25) is 0 Å². The van der Waals surface area contributed by atoms with Gasteiger partial charge in [-0.05, 0) is 17.7 Å². The first-order valence-electron chi connectivity index (χ1n) is 5.75. The number of hydrogen-bond donors (Lipinski definition) is 1. The van der Waals surface area contributed by atoms with Crippen LogP contribution in [0.25, 0.3) is 6.08 Å². The molecule has 0 aliphatic rings. The maximum absolute atomic E-state index is 11.3. The number of hydrogen-bond acceptors (Lipinski definition) is 5. The van der Waals surface area contributed by atoms with E-state index in [2.05, 4.69) is 4.74 Å². The van der Waals surface area contributed by atoms with Crippen LogP contribution in [-0.4, -0.2) is 38.7 Å². The quantitative estimate of drug-likeness (QED) is 0.631. The van der Waals surface area contributed by atoms with Gasteiger partial charge in [0.25, 0.3) is 0 Å². The lowest BCUT2D eigenvalue weighted by Crippen LogP contribution is -2.10. The molecule has 0 saturated carbocycles. The third-order valence-corrected chi connectivity index (χ3v) is 2.59. The average molecular weight is 266 g/mol. The normalized spacial score (nSPS) is 11.2. The standard InChI is InChI=1S/C14H18O5/c1-17-13(18-2)6-4-5-10-7-8-11(12(15)9-10)14(16)19-3/h4-5,7-9,13,15H,6H2,1-3H3/b5-4-. The van der Waals surface area contributed by atoms with Gasteiger partial charge in [-0.1, -0.05) is 18.2 Å². The molecular weight excluding hydrogens is 248 g/mol. The fourth-order valence-electron chi connectivity index (χ4n) is 1.54. The molecular formula is C14H18O5. The van der Waals surface area contributed by atoms with Crippen LogP contribution in [0, 0.1) is 0 Å². The molecule has 0 aliphatic heterocycles. The Balaban J connectivity index is 2.73. The summed E-state index contributed by atoms with van der Waals surface area (Å²) in [4.78, 5) is 11.3. The van der Waals surface area contributed by atoms with E-state index in [1.54, 1.807) is 20.3 Å². The molecule has 1 rings (SSSR count). The van der Waals surface area contributed by atoms with Gasteiger partial charge in [0.1, 0.15) is 11.3 Å². The molecule has 0 amide bonds. The number of carbonyl (C=O) groups is 1. The fraction of sp³-hybridized carbons (Fsp3) is 0.357. The van der Waals surface area contributed by atoms with E-state index in [9.17, 15) is 9.90 Å². The van der Waals surface area contributed by atoms with E-state index >= 15 is 0 Å². The summed E-state index contributed by atoms with van der Waals surface area (Å²) < 4.78 is 14.6. The smallest absolute Gasteiger partial charge is 0.341 e. The van der Waals surface area contributed by atoms with Gasteiger partial charge in [-0.2, -0.15) is 0 Å². The number of ether oxygens (including phenoxy) is 3. The summed E-state index contributed by atoms with van der Waals surface area (Å²) in [5.74, 6) is -0.670. The second-order valence-corrected chi connectivity index (χ2v) is 3.81. The fourth-order valence-corrected chi connectivity index (χ4v) is 1.54. The van der Waals surface area contributed by atoms with Gasteiger partial charge < -0.3 is 19.3 Å². The molecule has 5 heteroatoms. The molecule has 1 aromatic carbocycles. The third-order valence-electron chi connectivity index (χ3n) is 2.59. The van der Waals surface area contributed by atoms with E-state index in [1.807, 2.05) is 12.2 Å². The molecule has 1 N–H and O–H groups in total. The van der Waals surface area contributed by atoms with Crippen molar-refractivity contribution in [3.05, 3.63) is 35.4 Å². The number of phenols is 1. The van der Waals surface area contributed by atoms with E-state index in [0.717, 1.165) is 5.56 Å². The lowest BCUT2D eigenvalue weighted by Gasteiger charge is -2.09. The number of phenolic OH excluding ortho intramolecular Hbond substituents is 1. The minimum Gasteiger partial charge on any atom is -0.507 e. The lowest BCUT2D eigenvalue weighted by atomic mass is 10.1. The number of esters is 1. The van der Waals surface area contributed by atoms with Gasteiger partial charge in [0.2, 0.25) is 0 Å². The number of carbonyl (C=O) groups excluding carboxylic acids is 1. The molecule has 0 atom stereocenters. The van der Waals surface area contributed by atoms with Gasteiger partial charge >= 0.3 is 5.97 Å². The molecule has 0 spiro atoms. The van der Waals surface area contributed by atoms with E-state index in [4.69, 9.17) is 9.47 Å². The lowest BCUT2D eigenvalue weighted by molar-refractivity contribution is -0.0985. The van der Waals surface area contributed by atoms with Gasteiger partial charge in [-0.25, -0.2) is 4.79 Å². The van der Waals surface area contributed by atoms with Crippen molar-refractivity contribution >= 4 is 12.0 Å². The molecule has 0 aliphatic carbocycles. The van der Waals surface area contributed by atoms with Crippen LogP contribution in [0.5, 0.6) is 5.75 Å². The van der Waals surface area contributed by atoms with Crippen LogP contribution in [-0.2, 0) is 14.2 Å². The summed E-state index contributed by atoms with van der Waals surface area (Å²) in [6.45, 7) is 0. The summed E-state index contributed by atoms with van der Waals surface area (Å²) in [6.07, 6.45) is 3.97.